The van der Waals surface area contributed by atoms with E-state index in [1.807, 2.05) is 6.07 Å². The van der Waals surface area contributed by atoms with Crippen LogP contribution in [-0.4, -0.2) is 18.2 Å². The first-order valence-electron chi connectivity index (χ1n) is 7.61. The van der Waals surface area contributed by atoms with Crippen molar-refractivity contribution in [1.82, 2.24) is 5.32 Å². The van der Waals surface area contributed by atoms with E-state index in [0.717, 1.165) is 5.76 Å². The molecule has 1 aromatic carbocycles. The highest BCUT2D eigenvalue weighted by Gasteiger charge is 2.21. The highest BCUT2D eigenvalue weighted by atomic mass is 32.1. The molecule has 3 rings (SSSR count). The number of methoxy groups -OCH3 is 1. The molecule has 8 heteroatoms. The van der Waals surface area contributed by atoms with Crippen molar-refractivity contribution >= 4 is 39.6 Å². The molecule has 0 aliphatic rings. The van der Waals surface area contributed by atoms with Gasteiger partial charge in [0.2, 0.25) is 0 Å². The number of thiophene rings is 1. The van der Waals surface area contributed by atoms with Gasteiger partial charge in [-0.2, -0.15) is 0 Å². The molecule has 0 saturated heterocycles. The molecule has 5 nitrogen and oxygen atoms in total. The zero-order valence-corrected chi connectivity index (χ0v) is 15.4. The van der Waals surface area contributed by atoms with Crippen LogP contribution in [0.5, 0.6) is 0 Å². The Bertz CT molecular complexity index is 905. The van der Waals surface area contributed by atoms with E-state index in [1.165, 1.54) is 30.6 Å². The van der Waals surface area contributed by atoms with Crippen molar-refractivity contribution in [3.63, 3.8) is 0 Å². The number of furan rings is 1. The summed E-state index contributed by atoms with van der Waals surface area (Å²) in [5, 5.41) is 8.72. The van der Waals surface area contributed by atoms with Gasteiger partial charge in [0, 0.05) is 10.9 Å². The van der Waals surface area contributed by atoms with Gasteiger partial charge < -0.3 is 19.8 Å². The van der Waals surface area contributed by atoms with Crippen LogP contribution in [0.2, 0.25) is 0 Å². The van der Waals surface area contributed by atoms with Crippen molar-refractivity contribution in [2.24, 2.45) is 0 Å². The second-order valence-corrected chi connectivity index (χ2v) is 6.53. The monoisotopic (exact) mass is 390 g/mol. The SMILES string of the molecule is COC(=O)c1c(-c2ccc(F)cc2)csc1NC(=S)NCc1ccco1. The molecule has 0 spiro atoms. The van der Waals surface area contributed by atoms with Crippen LogP contribution in [0.3, 0.4) is 0 Å². The van der Waals surface area contributed by atoms with E-state index in [-0.39, 0.29) is 5.82 Å². The second-order valence-electron chi connectivity index (χ2n) is 5.24. The molecule has 2 N–H and O–H groups in total. The largest absolute Gasteiger partial charge is 0.467 e. The van der Waals surface area contributed by atoms with Crippen molar-refractivity contribution in [2.75, 3.05) is 12.4 Å². The summed E-state index contributed by atoms with van der Waals surface area (Å²) in [6.45, 7) is 0.419. The summed E-state index contributed by atoms with van der Waals surface area (Å²) in [4.78, 5) is 12.3. The molecule has 134 valence electrons. The Balaban J connectivity index is 1.81. The van der Waals surface area contributed by atoms with Crippen LogP contribution in [0.4, 0.5) is 9.39 Å². The second kappa shape index (κ2) is 8.11. The Morgan fingerprint density at radius 2 is 2.08 bits per heavy atom. The highest BCUT2D eigenvalue weighted by Crippen LogP contribution is 2.36. The predicted octanol–water partition coefficient (Wildman–Crippen LogP) is 4.42. The van der Waals surface area contributed by atoms with Crippen LogP contribution in [0.25, 0.3) is 11.1 Å². The standard InChI is InChI=1S/C18H15FN2O3S2/c1-23-17(22)15-14(11-4-6-12(19)7-5-11)10-26-16(15)21-18(25)20-9-13-3-2-8-24-13/h2-8,10H,9H2,1H3,(H2,20,21,25). The fourth-order valence-corrected chi connectivity index (χ4v) is 3.52. The van der Waals surface area contributed by atoms with E-state index in [0.29, 0.717) is 33.3 Å². The molecule has 0 aliphatic carbocycles. The quantitative estimate of drug-likeness (QED) is 0.497. The minimum Gasteiger partial charge on any atom is -0.467 e. The lowest BCUT2D eigenvalue weighted by Gasteiger charge is -2.10. The highest BCUT2D eigenvalue weighted by molar-refractivity contribution is 7.80. The van der Waals surface area contributed by atoms with E-state index >= 15 is 0 Å². The van der Waals surface area contributed by atoms with Gasteiger partial charge in [0.1, 0.15) is 22.1 Å². The number of nitrogens with one attached hydrogen (secondary N) is 2. The first-order valence-corrected chi connectivity index (χ1v) is 8.90. The zero-order valence-electron chi connectivity index (χ0n) is 13.7. The average molecular weight is 390 g/mol. The van der Waals surface area contributed by atoms with Crippen molar-refractivity contribution in [1.29, 1.82) is 0 Å². The maximum atomic E-state index is 13.2. The predicted molar refractivity (Wildman–Crippen MR) is 103 cm³/mol. The number of benzene rings is 1. The van der Waals surface area contributed by atoms with E-state index in [1.54, 1.807) is 29.8 Å². The molecule has 26 heavy (non-hydrogen) atoms. The smallest absolute Gasteiger partial charge is 0.341 e. The number of halogens is 1. The lowest BCUT2D eigenvalue weighted by Crippen LogP contribution is -2.28. The first kappa shape index (κ1) is 18.1. The van der Waals surface area contributed by atoms with Gasteiger partial charge in [-0.3, -0.25) is 0 Å². The van der Waals surface area contributed by atoms with Gasteiger partial charge in [0.05, 0.1) is 19.9 Å². The van der Waals surface area contributed by atoms with E-state index in [2.05, 4.69) is 10.6 Å². The summed E-state index contributed by atoms with van der Waals surface area (Å²) in [7, 11) is 1.31. The third-order valence-electron chi connectivity index (χ3n) is 3.57. The van der Waals surface area contributed by atoms with Crippen LogP contribution in [0, 0.1) is 5.82 Å². The van der Waals surface area contributed by atoms with Crippen LogP contribution in [0.15, 0.2) is 52.5 Å². The summed E-state index contributed by atoms with van der Waals surface area (Å²) in [5.41, 5.74) is 1.72. The number of hydrogen-bond donors (Lipinski definition) is 2. The molecule has 0 unspecified atom stereocenters. The van der Waals surface area contributed by atoms with Crippen LogP contribution < -0.4 is 10.6 Å². The van der Waals surface area contributed by atoms with E-state index in [4.69, 9.17) is 21.4 Å². The molecule has 0 aliphatic heterocycles. The molecule has 0 bridgehead atoms. The molecular formula is C18H15FN2O3S2. The number of ether oxygens (including phenoxy) is 1. The third-order valence-corrected chi connectivity index (χ3v) is 4.71. The summed E-state index contributed by atoms with van der Waals surface area (Å²) in [6, 6.07) is 9.53. The maximum Gasteiger partial charge on any atom is 0.341 e. The summed E-state index contributed by atoms with van der Waals surface area (Å²) in [5.74, 6) is -0.104. The van der Waals surface area contributed by atoms with Gasteiger partial charge in [-0.05, 0) is 42.0 Å². The van der Waals surface area contributed by atoms with Crippen LogP contribution in [0.1, 0.15) is 16.1 Å². The fourth-order valence-electron chi connectivity index (χ4n) is 2.32. The van der Waals surface area contributed by atoms with Gasteiger partial charge in [-0.15, -0.1) is 11.3 Å². The summed E-state index contributed by atoms with van der Waals surface area (Å²) >= 11 is 6.59. The van der Waals surface area contributed by atoms with Crippen molar-refractivity contribution in [3.05, 3.63) is 65.2 Å². The lowest BCUT2D eigenvalue weighted by molar-refractivity contribution is 0.0603. The number of hydrogen-bond acceptors (Lipinski definition) is 5. The molecule has 0 fully saturated rings. The Kier molecular flexibility index (Phi) is 5.65. The van der Waals surface area contributed by atoms with Gasteiger partial charge >= 0.3 is 5.97 Å². The molecule has 0 atom stereocenters. The molecule has 0 radical (unpaired) electrons. The van der Waals surface area contributed by atoms with Crippen molar-refractivity contribution < 1.29 is 18.3 Å². The number of carbonyl (C=O) groups is 1. The van der Waals surface area contributed by atoms with Gasteiger partial charge in [-0.25, -0.2) is 9.18 Å². The molecular weight excluding hydrogens is 375 g/mol. The molecule has 2 heterocycles. The summed E-state index contributed by atoms with van der Waals surface area (Å²) < 4.78 is 23.3. The number of anilines is 1. The Morgan fingerprint density at radius 1 is 1.31 bits per heavy atom. The van der Waals surface area contributed by atoms with Crippen molar-refractivity contribution in [3.8, 4) is 11.1 Å². The molecule has 3 aromatic rings. The van der Waals surface area contributed by atoms with Crippen LogP contribution in [-0.2, 0) is 11.3 Å². The Labute approximate surface area is 158 Å². The maximum absolute atomic E-state index is 13.2. The number of esters is 1. The molecule has 0 saturated carbocycles. The van der Waals surface area contributed by atoms with Gasteiger partial charge in [-0.1, -0.05) is 12.1 Å². The summed E-state index contributed by atoms with van der Waals surface area (Å²) in [6.07, 6.45) is 1.58. The van der Waals surface area contributed by atoms with E-state index in [9.17, 15) is 9.18 Å². The topological polar surface area (TPSA) is 63.5 Å². The van der Waals surface area contributed by atoms with Crippen LogP contribution >= 0.6 is 23.6 Å². The lowest BCUT2D eigenvalue weighted by atomic mass is 10.0. The minimum absolute atomic E-state index is 0.342. The Hall–Kier alpha value is -2.71. The van der Waals surface area contributed by atoms with Gasteiger partial charge in [0.15, 0.2) is 5.11 Å². The average Bonchev–Trinajstić information content (AvgIpc) is 3.30. The first-order chi connectivity index (χ1) is 12.6. The number of carbonyl (C=O) groups excluding carboxylic acids is 1. The zero-order chi connectivity index (χ0) is 18.5. The minimum atomic E-state index is -0.498. The third kappa shape index (κ3) is 4.09. The number of rotatable bonds is 5. The fraction of sp³-hybridized carbons (Fsp3) is 0.111. The van der Waals surface area contributed by atoms with Crippen molar-refractivity contribution in [2.45, 2.75) is 6.54 Å². The molecule has 0 amide bonds. The normalized spacial score (nSPS) is 10.4. The van der Waals surface area contributed by atoms with Gasteiger partial charge in [0.25, 0.3) is 0 Å². The molecule has 2 aromatic heterocycles. The Morgan fingerprint density at radius 3 is 2.73 bits per heavy atom. The van der Waals surface area contributed by atoms with E-state index < -0.39 is 5.97 Å². The number of thiocarbonyl (C=S) groups is 1.